The van der Waals surface area contributed by atoms with Crippen molar-refractivity contribution in [3.63, 3.8) is 0 Å². The molecule has 160 valence electrons. The molecule has 0 radical (unpaired) electrons. The number of ether oxygens (including phenoxy) is 4. The van der Waals surface area contributed by atoms with Crippen LogP contribution in [0.1, 0.15) is 23.7 Å². The third-order valence-electron chi connectivity index (χ3n) is 4.09. The molecule has 0 saturated heterocycles. The van der Waals surface area contributed by atoms with Gasteiger partial charge in [-0.3, -0.25) is 9.59 Å². The van der Waals surface area contributed by atoms with Gasteiger partial charge in [-0.1, -0.05) is 0 Å². The van der Waals surface area contributed by atoms with Crippen molar-refractivity contribution in [1.82, 2.24) is 5.43 Å². The molecule has 0 unspecified atom stereocenters. The molecular weight excluding hydrogens is 390 g/mol. The fourth-order valence-corrected chi connectivity index (χ4v) is 2.57. The molecule has 0 heterocycles. The summed E-state index contributed by atoms with van der Waals surface area (Å²) >= 11 is 0. The van der Waals surface area contributed by atoms with Crippen LogP contribution in [0.3, 0.4) is 0 Å². The van der Waals surface area contributed by atoms with Crippen molar-refractivity contribution in [1.29, 1.82) is 0 Å². The van der Waals surface area contributed by atoms with Crippen molar-refractivity contribution in [3.05, 3.63) is 42.0 Å². The van der Waals surface area contributed by atoms with Crippen LogP contribution in [-0.2, 0) is 4.79 Å². The van der Waals surface area contributed by atoms with E-state index in [0.29, 0.717) is 40.0 Å². The number of carbonyl (C=O) groups is 2. The largest absolute Gasteiger partial charge is 0.497 e. The van der Waals surface area contributed by atoms with E-state index < -0.39 is 5.91 Å². The lowest BCUT2D eigenvalue weighted by molar-refractivity contribution is -0.115. The fraction of sp³-hybridized carbons (Fsp3) is 0.286. The molecule has 2 amide bonds. The summed E-state index contributed by atoms with van der Waals surface area (Å²) in [6.45, 7) is 1.64. The maximum Gasteiger partial charge on any atom is 0.271 e. The Bertz CT molecular complexity index is 942. The van der Waals surface area contributed by atoms with Crippen LogP contribution in [0, 0.1) is 0 Å². The quantitative estimate of drug-likeness (QED) is 0.482. The first-order valence-corrected chi connectivity index (χ1v) is 8.99. The Kier molecular flexibility index (Phi) is 8.04. The summed E-state index contributed by atoms with van der Waals surface area (Å²) in [6.07, 6.45) is -0.0213. The van der Waals surface area contributed by atoms with E-state index in [2.05, 4.69) is 15.8 Å². The zero-order chi connectivity index (χ0) is 22.1. The SMILES string of the molecule is COc1ccc(OC)c(NC(=O)CC(C)=NNC(=O)c2ccc(OC)c(OC)c2)c1. The molecule has 0 aliphatic rings. The predicted octanol–water partition coefficient (Wildman–Crippen LogP) is 2.86. The lowest BCUT2D eigenvalue weighted by Crippen LogP contribution is -2.21. The summed E-state index contributed by atoms with van der Waals surface area (Å²) in [7, 11) is 6.04. The molecular formula is C21H25N3O6. The number of methoxy groups -OCH3 is 4. The van der Waals surface area contributed by atoms with E-state index in [1.54, 1.807) is 43.3 Å². The number of amides is 2. The summed E-state index contributed by atoms with van der Waals surface area (Å²) in [5.41, 5.74) is 3.66. The highest BCUT2D eigenvalue weighted by atomic mass is 16.5. The average Bonchev–Trinajstić information content (AvgIpc) is 2.76. The first kappa shape index (κ1) is 22.5. The molecule has 0 atom stereocenters. The highest BCUT2D eigenvalue weighted by molar-refractivity contribution is 6.06. The van der Waals surface area contributed by atoms with Crippen molar-refractivity contribution in [2.45, 2.75) is 13.3 Å². The van der Waals surface area contributed by atoms with Gasteiger partial charge in [-0.25, -0.2) is 5.43 Å². The zero-order valence-electron chi connectivity index (χ0n) is 17.6. The molecule has 0 aromatic heterocycles. The lowest BCUT2D eigenvalue weighted by atomic mass is 10.2. The highest BCUT2D eigenvalue weighted by Crippen LogP contribution is 2.29. The summed E-state index contributed by atoms with van der Waals surface area (Å²) < 4.78 is 20.7. The van der Waals surface area contributed by atoms with Crippen molar-refractivity contribution in [2.24, 2.45) is 5.10 Å². The second-order valence-corrected chi connectivity index (χ2v) is 6.15. The van der Waals surface area contributed by atoms with Gasteiger partial charge in [-0.2, -0.15) is 5.10 Å². The number of anilines is 1. The van der Waals surface area contributed by atoms with Gasteiger partial charge < -0.3 is 24.3 Å². The van der Waals surface area contributed by atoms with E-state index in [-0.39, 0.29) is 12.3 Å². The number of hydrogen-bond donors (Lipinski definition) is 2. The van der Waals surface area contributed by atoms with Gasteiger partial charge in [0.2, 0.25) is 5.91 Å². The third kappa shape index (κ3) is 5.87. The monoisotopic (exact) mass is 415 g/mol. The Labute approximate surface area is 175 Å². The second-order valence-electron chi connectivity index (χ2n) is 6.15. The minimum Gasteiger partial charge on any atom is -0.497 e. The molecule has 2 aromatic rings. The summed E-state index contributed by atoms with van der Waals surface area (Å²) in [5.74, 6) is 1.27. The molecule has 9 nitrogen and oxygen atoms in total. The second kappa shape index (κ2) is 10.7. The van der Waals surface area contributed by atoms with Gasteiger partial charge in [0, 0.05) is 17.3 Å². The molecule has 0 saturated carbocycles. The number of benzene rings is 2. The summed E-state index contributed by atoms with van der Waals surface area (Å²) in [5, 5.41) is 6.73. The normalized spacial score (nSPS) is 10.8. The van der Waals surface area contributed by atoms with Crippen LogP contribution in [0.4, 0.5) is 5.69 Å². The van der Waals surface area contributed by atoms with Crippen LogP contribution in [0.2, 0.25) is 0 Å². The molecule has 2 N–H and O–H groups in total. The first-order chi connectivity index (χ1) is 14.4. The number of nitrogens with one attached hydrogen (secondary N) is 2. The molecule has 0 aliphatic carbocycles. The molecule has 2 rings (SSSR count). The van der Waals surface area contributed by atoms with E-state index in [0.717, 1.165) is 0 Å². The van der Waals surface area contributed by atoms with Gasteiger partial charge in [-0.05, 0) is 37.3 Å². The van der Waals surface area contributed by atoms with Gasteiger partial charge in [-0.15, -0.1) is 0 Å². The first-order valence-electron chi connectivity index (χ1n) is 8.99. The van der Waals surface area contributed by atoms with E-state index in [1.807, 2.05) is 0 Å². The minimum atomic E-state index is -0.440. The van der Waals surface area contributed by atoms with Crippen LogP contribution in [-0.4, -0.2) is 46.0 Å². The Morgan fingerprint density at radius 3 is 2.17 bits per heavy atom. The Morgan fingerprint density at radius 1 is 0.867 bits per heavy atom. The number of carbonyl (C=O) groups excluding carboxylic acids is 2. The maximum absolute atomic E-state index is 12.3. The number of hydrazone groups is 1. The summed E-state index contributed by atoms with van der Waals surface area (Å²) in [4.78, 5) is 24.6. The summed E-state index contributed by atoms with van der Waals surface area (Å²) in [6, 6.07) is 9.83. The third-order valence-corrected chi connectivity index (χ3v) is 4.09. The molecule has 30 heavy (non-hydrogen) atoms. The smallest absolute Gasteiger partial charge is 0.271 e. The van der Waals surface area contributed by atoms with Crippen LogP contribution < -0.4 is 29.7 Å². The van der Waals surface area contributed by atoms with Gasteiger partial charge in [0.15, 0.2) is 11.5 Å². The number of nitrogens with zero attached hydrogens (tertiary/aromatic N) is 1. The lowest BCUT2D eigenvalue weighted by Gasteiger charge is -2.12. The predicted molar refractivity (Wildman–Crippen MR) is 113 cm³/mol. The van der Waals surface area contributed by atoms with Gasteiger partial charge in [0.25, 0.3) is 5.91 Å². The van der Waals surface area contributed by atoms with Crippen molar-refractivity contribution in [2.75, 3.05) is 33.8 Å². The average molecular weight is 415 g/mol. The number of rotatable bonds is 9. The van der Waals surface area contributed by atoms with Crippen LogP contribution in [0.25, 0.3) is 0 Å². The van der Waals surface area contributed by atoms with Crippen molar-refractivity contribution in [3.8, 4) is 23.0 Å². The van der Waals surface area contributed by atoms with Gasteiger partial charge >= 0.3 is 0 Å². The molecule has 0 bridgehead atoms. The highest BCUT2D eigenvalue weighted by Gasteiger charge is 2.12. The molecule has 0 aliphatic heterocycles. The van der Waals surface area contributed by atoms with Crippen molar-refractivity contribution >= 4 is 23.2 Å². The minimum absolute atomic E-state index is 0.0213. The molecule has 0 spiro atoms. The Balaban J connectivity index is 2.00. The van der Waals surface area contributed by atoms with E-state index in [9.17, 15) is 9.59 Å². The van der Waals surface area contributed by atoms with Crippen LogP contribution in [0.15, 0.2) is 41.5 Å². The van der Waals surface area contributed by atoms with Crippen LogP contribution >= 0.6 is 0 Å². The topological polar surface area (TPSA) is 107 Å². The van der Waals surface area contributed by atoms with E-state index >= 15 is 0 Å². The molecule has 9 heteroatoms. The molecule has 0 fully saturated rings. The van der Waals surface area contributed by atoms with Gasteiger partial charge in [0.1, 0.15) is 11.5 Å². The maximum atomic E-state index is 12.3. The Hall–Kier alpha value is -3.75. The fourth-order valence-electron chi connectivity index (χ4n) is 2.57. The van der Waals surface area contributed by atoms with E-state index in [1.165, 1.54) is 28.4 Å². The van der Waals surface area contributed by atoms with Gasteiger partial charge in [0.05, 0.1) is 40.5 Å². The zero-order valence-corrected chi connectivity index (χ0v) is 17.6. The van der Waals surface area contributed by atoms with E-state index in [4.69, 9.17) is 18.9 Å². The standard InChI is InChI=1S/C21H25N3O6/c1-13(10-20(25)22-16-12-15(27-2)7-9-17(16)28-3)23-24-21(26)14-6-8-18(29-4)19(11-14)30-5/h6-9,11-12H,10H2,1-5H3,(H,22,25)(H,24,26). The van der Waals surface area contributed by atoms with Crippen LogP contribution in [0.5, 0.6) is 23.0 Å². The van der Waals surface area contributed by atoms with Crippen molar-refractivity contribution < 1.29 is 28.5 Å². The Morgan fingerprint density at radius 2 is 1.53 bits per heavy atom. The number of hydrogen-bond acceptors (Lipinski definition) is 7. The molecule has 2 aromatic carbocycles.